The lowest BCUT2D eigenvalue weighted by atomic mass is 10.2. The second-order valence-electron chi connectivity index (χ2n) is 5.12. The molecule has 0 radical (unpaired) electrons. The van der Waals surface area contributed by atoms with Gasteiger partial charge < -0.3 is 9.80 Å². The Labute approximate surface area is 138 Å². The quantitative estimate of drug-likeness (QED) is 0.736. The Morgan fingerprint density at radius 3 is 1.62 bits per heavy atom. The van der Waals surface area contributed by atoms with Gasteiger partial charge in [0, 0.05) is 16.3 Å². The zero-order valence-electron chi connectivity index (χ0n) is 13.0. The van der Waals surface area contributed by atoms with Gasteiger partial charge in [-0.2, -0.15) is 0 Å². The third-order valence-corrected chi connectivity index (χ3v) is 3.98. The summed E-state index contributed by atoms with van der Waals surface area (Å²) in [5.41, 5.74) is 2.66. The number of benzene rings is 2. The van der Waals surface area contributed by atoms with Crippen LogP contribution in [0.2, 0.25) is 0 Å². The topological polar surface area (TPSA) is 6.48 Å². The van der Waals surface area contributed by atoms with Gasteiger partial charge in [-0.15, -0.1) is 12.4 Å². The average Bonchev–Trinajstić information content (AvgIpc) is 2.44. The molecule has 1 heterocycles. The number of halogens is 1. The summed E-state index contributed by atoms with van der Waals surface area (Å²) >= 11 is 1.86. The first-order valence-corrected chi connectivity index (χ1v) is 7.69. The number of rotatable bonds is 1. The maximum Gasteiger partial charge on any atom is 0.0552 e. The molecule has 0 bridgehead atoms. The minimum Gasteiger partial charge on any atom is -0.340 e. The molecule has 0 N–H and O–H groups in total. The lowest BCUT2D eigenvalue weighted by Gasteiger charge is -2.31. The molecule has 0 unspecified atom stereocenters. The van der Waals surface area contributed by atoms with Crippen molar-refractivity contribution in [3.63, 3.8) is 0 Å². The van der Waals surface area contributed by atoms with E-state index in [4.69, 9.17) is 0 Å². The minimum absolute atomic E-state index is 0. The van der Waals surface area contributed by atoms with E-state index in [-0.39, 0.29) is 12.4 Å². The maximum atomic E-state index is 2.38. The summed E-state index contributed by atoms with van der Waals surface area (Å²) < 4.78 is 0. The van der Waals surface area contributed by atoms with E-state index in [0.29, 0.717) is 0 Å². The molecular weight excluding hydrogens is 300 g/mol. The van der Waals surface area contributed by atoms with Crippen LogP contribution >= 0.6 is 24.2 Å². The minimum atomic E-state index is 0. The van der Waals surface area contributed by atoms with Gasteiger partial charge in [-0.1, -0.05) is 36.0 Å². The summed E-state index contributed by atoms with van der Waals surface area (Å²) in [4.78, 5) is 7.08. The van der Waals surface area contributed by atoms with Gasteiger partial charge in [-0.3, -0.25) is 0 Å². The van der Waals surface area contributed by atoms with Gasteiger partial charge in [0.1, 0.15) is 0 Å². The fraction of sp³-hybridized carbons (Fsp3) is 0.294. The largest absolute Gasteiger partial charge is 0.340 e. The molecule has 2 aromatic rings. The molecule has 1 aliphatic heterocycles. The number of para-hydroxylation sites is 2. The van der Waals surface area contributed by atoms with E-state index < -0.39 is 0 Å². The van der Waals surface area contributed by atoms with Crippen LogP contribution < -0.4 is 4.90 Å². The number of fused-ring (bicyclic) bond motifs is 2. The fourth-order valence-electron chi connectivity index (χ4n) is 2.12. The highest BCUT2D eigenvalue weighted by molar-refractivity contribution is 7.99. The van der Waals surface area contributed by atoms with E-state index in [9.17, 15) is 0 Å². The zero-order valence-corrected chi connectivity index (χ0v) is 14.7. The van der Waals surface area contributed by atoms with Crippen molar-refractivity contribution in [3.05, 3.63) is 48.5 Å². The monoisotopic (exact) mass is 322 g/mol. The van der Waals surface area contributed by atoms with Crippen LogP contribution in [0.25, 0.3) is 0 Å². The molecule has 114 valence electrons. The van der Waals surface area contributed by atoms with Gasteiger partial charge in [0.15, 0.2) is 0 Å². The van der Waals surface area contributed by atoms with Crippen LogP contribution in [-0.4, -0.2) is 32.6 Å². The first kappa shape index (κ1) is 17.9. The summed E-state index contributed by atoms with van der Waals surface area (Å²) in [6.45, 7) is 3.21. The third kappa shape index (κ3) is 4.40. The van der Waals surface area contributed by atoms with Crippen molar-refractivity contribution in [1.82, 2.24) is 4.90 Å². The van der Waals surface area contributed by atoms with E-state index in [1.54, 1.807) is 0 Å². The van der Waals surface area contributed by atoms with Crippen LogP contribution in [0.4, 0.5) is 11.4 Å². The van der Waals surface area contributed by atoms with E-state index in [0.717, 1.165) is 6.54 Å². The van der Waals surface area contributed by atoms with E-state index >= 15 is 0 Å². The highest BCUT2D eigenvalue weighted by Crippen LogP contribution is 2.47. The number of anilines is 2. The van der Waals surface area contributed by atoms with Crippen molar-refractivity contribution in [2.24, 2.45) is 0 Å². The molecule has 21 heavy (non-hydrogen) atoms. The Kier molecular flexibility index (Phi) is 7.09. The Balaban J connectivity index is 0.000000397. The van der Waals surface area contributed by atoms with Crippen LogP contribution in [0.3, 0.4) is 0 Å². The summed E-state index contributed by atoms with van der Waals surface area (Å²) in [5.74, 6) is 0. The Morgan fingerprint density at radius 2 is 1.24 bits per heavy atom. The first-order chi connectivity index (χ1) is 9.63. The summed E-state index contributed by atoms with van der Waals surface area (Å²) in [6, 6.07) is 17.2. The van der Waals surface area contributed by atoms with E-state index in [1.807, 2.05) is 37.8 Å². The Hall–Kier alpha value is -1.16. The van der Waals surface area contributed by atoms with Crippen LogP contribution in [0, 0.1) is 0 Å². The SMILES string of the molecule is CCN1c2ccccc2Sc2ccccc21.CN(C)C.Cl. The molecule has 0 amide bonds. The molecule has 2 aromatic carbocycles. The van der Waals surface area contributed by atoms with Crippen molar-refractivity contribution < 1.29 is 0 Å². The van der Waals surface area contributed by atoms with Crippen LogP contribution in [0.1, 0.15) is 6.92 Å². The standard InChI is InChI=1S/C14H13NS.C3H9N.ClH/c1-2-15-11-7-3-5-9-13(11)16-14-10-6-4-8-12(14)15;1-4(2)3;/h3-10H,2H2,1H3;1-3H3;1H. The zero-order chi connectivity index (χ0) is 14.5. The molecule has 3 rings (SSSR count). The van der Waals surface area contributed by atoms with Crippen LogP contribution in [0.5, 0.6) is 0 Å². The molecule has 4 heteroatoms. The molecule has 0 atom stereocenters. The highest BCUT2D eigenvalue weighted by Gasteiger charge is 2.20. The van der Waals surface area contributed by atoms with Crippen molar-refractivity contribution in [1.29, 1.82) is 0 Å². The molecule has 0 saturated heterocycles. The average molecular weight is 323 g/mol. The molecule has 0 aliphatic carbocycles. The lowest BCUT2D eigenvalue weighted by Crippen LogP contribution is -2.19. The van der Waals surface area contributed by atoms with Gasteiger partial charge >= 0.3 is 0 Å². The lowest BCUT2D eigenvalue weighted by molar-refractivity contribution is 0.505. The summed E-state index contributed by atoms with van der Waals surface area (Å²) in [7, 11) is 6.00. The normalized spacial score (nSPS) is 11.8. The predicted octanol–water partition coefficient (Wildman–Crippen LogP) is 4.91. The van der Waals surface area contributed by atoms with Crippen LogP contribution in [-0.2, 0) is 0 Å². The molecule has 0 saturated carbocycles. The van der Waals surface area contributed by atoms with Gasteiger partial charge in [0.05, 0.1) is 11.4 Å². The number of nitrogens with zero attached hydrogens (tertiary/aromatic N) is 2. The summed E-state index contributed by atoms with van der Waals surface area (Å²) in [6.07, 6.45) is 0. The number of hydrogen-bond donors (Lipinski definition) is 0. The van der Waals surface area contributed by atoms with Crippen LogP contribution in [0.15, 0.2) is 58.3 Å². The molecule has 2 nitrogen and oxygen atoms in total. The van der Waals surface area contributed by atoms with Crippen molar-refractivity contribution in [2.75, 3.05) is 32.6 Å². The van der Waals surface area contributed by atoms with Gasteiger partial charge in [-0.25, -0.2) is 0 Å². The highest BCUT2D eigenvalue weighted by atomic mass is 35.5. The Morgan fingerprint density at radius 1 is 0.857 bits per heavy atom. The molecular formula is C17H23ClN2S. The first-order valence-electron chi connectivity index (χ1n) is 6.88. The maximum absolute atomic E-state index is 2.38. The molecule has 0 aromatic heterocycles. The van der Waals surface area contributed by atoms with E-state index in [2.05, 4.69) is 60.4 Å². The molecule has 1 aliphatic rings. The smallest absolute Gasteiger partial charge is 0.0552 e. The Bertz CT molecular complexity index is 524. The van der Waals surface area contributed by atoms with Crippen molar-refractivity contribution in [3.8, 4) is 0 Å². The van der Waals surface area contributed by atoms with Crippen molar-refractivity contribution in [2.45, 2.75) is 16.7 Å². The van der Waals surface area contributed by atoms with Gasteiger partial charge in [0.25, 0.3) is 0 Å². The summed E-state index contributed by atoms with van der Waals surface area (Å²) in [5, 5.41) is 0. The van der Waals surface area contributed by atoms with E-state index in [1.165, 1.54) is 21.2 Å². The number of hydrogen-bond acceptors (Lipinski definition) is 3. The van der Waals surface area contributed by atoms with Crippen molar-refractivity contribution >= 4 is 35.5 Å². The van der Waals surface area contributed by atoms with Gasteiger partial charge in [-0.05, 0) is 52.3 Å². The molecule has 0 spiro atoms. The predicted molar refractivity (Wildman–Crippen MR) is 96.5 cm³/mol. The third-order valence-electron chi connectivity index (χ3n) is 2.85. The molecule has 0 fully saturated rings. The van der Waals surface area contributed by atoms with Gasteiger partial charge in [0.2, 0.25) is 0 Å². The second kappa shape index (κ2) is 8.32. The second-order valence-corrected chi connectivity index (χ2v) is 6.21. The fourth-order valence-corrected chi connectivity index (χ4v) is 3.22.